The Hall–Kier alpha value is -3.04. The third-order valence-electron chi connectivity index (χ3n) is 4.06. The van der Waals surface area contributed by atoms with Gasteiger partial charge in [0.15, 0.2) is 27.3 Å². The van der Waals surface area contributed by atoms with Crippen molar-refractivity contribution >= 4 is 45.8 Å². The minimum Gasteiger partial charge on any atom is -0.493 e. The summed E-state index contributed by atoms with van der Waals surface area (Å²) in [5.41, 5.74) is 1.17. The molecule has 8 nitrogen and oxygen atoms in total. The Morgan fingerprint density at radius 2 is 1.89 bits per heavy atom. The summed E-state index contributed by atoms with van der Waals surface area (Å²) in [5.74, 6) is 0.807. The number of carbonyl (C=O) groups excluding carboxylic acids is 1. The molecule has 0 N–H and O–H groups in total. The fourth-order valence-corrected chi connectivity index (χ4v) is 3.77. The summed E-state index contributed by atoms with van der Waals surface area (Å²) in [5, 5.41) is 2.15. The summed E-state index contributed by atoms with van der Waals surface area (Å²) in [4.78, 5) is 21.6. The van der Waals surface area contributed by atoms with Crippen LogP contribution in [0.15, 0.2) is 34.4 Å². The SMILES string of the molecule is COc1cc(C2=N/C(=C/c3c(Cl)nc4sccn34)C(=O)O2)cc(OC)c1OC. The van der Waals surface area contributed by atoms with Gasteiger partial charge < -0.3 is 18.9 Å². The van der Waals surface area contributed by atoms with E-state index in [-0.39, 0.29) is 16.7 Å². The van der Waals surface area contributed by atoms with Crippen molar-refractivity contribution in [1.82, 2.24) is 9.38 Å². The Kier molecular flexibility index (Phi) is 4.70. The zero-order chi connectivity index (χ0) is 19.8. The first-order valence-corrected chi connectivity index (χ1v) is 9.25. The zero-order valence-electron chi connectivity index (χ0n) is 15.1. The van der Waals surface area contributed by atoms with Crippen LogP contribution in [-0.2, 0) is 9.53 Å². The maximum atomic E-state index is 12.3. The third-order valence-corrected chi connectivity index (χ3v) is 5.09. The quantitative estimate of drug-likeness (QED) is 0.465. The second-order valence-corrected chi connectivity index (χ2v) is 6.82. The molecule has 1 aliphatic heterocycles. The molecule has 4 rings (SSSR count). The van der Waals surface area contributed by atoms with Crippen molar-refractivity contribution in [3.63, 3.8) is 0 Å². The lowest BCUT2D eigenvalue weighted by atomic mass is 10.2. The number of halogens is 1. The van der Waals surface area contributed by atoms with Gasteiger partial charge >= 0.3 is 5.97 Å². The number of thiazole rings is 1. The van der Waals surface area contributed by atoms with Crippen molar-refractivity contribution in [3.8, 4) is 17.2 Å². The lowest BCUT2D eigenvalue weighted by Gasteiger charge is -2.13. The lowest BCUT2D eigenvalue weighted by molar-refractivity contribution is -0.129. The number of hydrogen-bond acceptors (Lipinski definition) is 8. The van der Waals surface area contributed by atoms with E-state index >= 15 is 0 Å². The van der Waals surface area contributed by atoms with Gasteiger partial charge in [-0.2, -0.15) is 0 Å². The number of esters is 1. The lowest BCUT2D eigenvalue weighted by Crippen LogP contribution is -2.07. The molecule has 144 valence electrons. The Morgan fingerprint density at radius 1 is 1.18 bits per heavy atom. The van der Waals surface area contributed by atoms with E-state index in [1.807, 2.05) is 11.6 Å². The van der Waals surface area contributed by atoms with E-state index < -0.39 is 5.97 Å². The maximum Gasteiger partial charge on any atom is 0.363 e. The molecule has 2 aromatic heterocycles. The van der Waals surface area contributed by atoms with Gasteiger partial charge in [0.1, 0.15) is 0 Å². The van der Waals surface area contributed by atoms with Crippen LogP contribution in [0.1, 0.15) is 11.3 Å². The number of methoxy groups -OCH3 is 3. The van der Waals surface area contributed by atoms with E-state index in [0.717, 1.165) is 4.96 Å². The number of aromatic nitrogens is 2. The molecule has 0 amide bonds. The number of fused-ring (bicyclic) bond motifs is 1. The molecule has 0 unspecified atom stereocenters. The minimum atomic E-state index is -0.593. The summed E-state index contributed by atoms with van der Waals surface area (Å²) >= 11 is 7.62. The van der Waals surface area contributed by atoms with Gasteiger partial charge in [0, 0.05) is 17.1 Å². The summed E-state index contributed by atoms with van der Waals surface area (Å²) in [6, 6.07) is 3.30. The molecule has 0 atom stereocenters. The van der Waals surface area contributed by atoms with E-state index in [4.69, 9.17) is 30.5 Å². The highest BCUT2D eigenvalue weighted by Gasteiger charge is 2.27. The molecule has 1 aliphatic rings. The topological polar surface area (TPSA) is 83.7 Å². The number of aliphatic imine (C=N–C) groups is 1. The minimum absolute atomic E-state index is 0.110. The van der Waals surface area contributed by atoms with Crippen molar-refractivity contribution in [1.29, 1.82) is 0 Å². The predicted molar refractivity (Wildman–Crippen MR) is 105 cm³/mol. The van der Waals surface area contributed by atoms with Crippen LogP contribution in [0.2, 0.25) is 5.15 Å². The average Bonchev–Trinajstić information content (AvgIpc) is 3.37. The molecule has 3 aromatic rings. The van der Waals surface area contributed by atoms with E-state index in [2.05, 4.69) is 9.98 Å². The number of nitrogens with zero attached hydrogens (tertiary/aromatic N) is 3. The number of rotatable bonds is 5. The van der Waals surface area contributed by atoms with Crippen molar-refractivity contribution in [2.45, 2.75) is 0 Å². The predicted octanol–water partition coefficient (Wildman–Crippen LogP) is 3.42. The van der Waals surface area contributed by atoms with E-state index in [9.17, 15) is 4.79 Å². The normalized spacial score (nSPS) is 15.1. The molecule has 10 heteroatoms. The van der Waals surface area contributed by atoms with Crippen LogP contribution < -0.4 is 14.2 Å². The molecule has 0 fully saturated rings. The van der Waals surface area contributed by atoms with Crippen LogP contribution >= 0.6 is 22.9 Å². The largest absolute Gasteiger partial charge is 0.493 e. The van der Waals surface area contributed by atoms with Gasteiger partial charge in [-0.1, -0.05) is 11.6 Å². The van der Waals surface area contributed by atoms with Gasteiger partial charge in [-0.05, 0) is 18.2 Å². The van der Waals surface area contributed by atoms with Gasteiger partial charge in [-0.25, -0.2) is 14.8 Å². The van der Waals surface area contributed by atoms with Crippen molar-refractivity contribution in [2.75, 3.05) is 21.3 Å². The highest BCUT2D eigenvalue weighted by Crippen LogP contribution is 2.39. The Bertz CT molecular complexity index is 1120. The molecule has 0 radical (unpaired) electrons. The maximum absolute atomic E-state index is 12.3. The molecule has 28 heavy (non-hydrogen) atoms. The molecule has 3 heterocycles. The fraction of sp³-hybridized carbons (Fsp3) is 0.167. The van der Waals surface area contributed by atoms with Crippen LogP contribution in [0.4, 0.5) is 0 Å². The first-order valence-electron chi connectivity index (χ1n) is 7.99. The number of hydrogen-bond donors (Lipinski definition) is 0. The molecular formula is C18H14ClN3O5S. The van der Waals surface area contributed by atoms with Gasteiger partial charge in [0.25, 0.3) is 0 Å². The van der Waals surface area contributed by atoms with Crippen LogP contribution in [0.25, 0.3) is 11.0 Å². The highest BCUT2D eigenvalue weighted by molar-refractivity contribution is 7.15. The molecule has 1 aromatic carbocycles. The second kappa shape index (κ2) is 7.17. The Morgan fingerprint density at radius 3 is 2.54 bits per heavy atom. The molecule has 0 spiro atoms. The standard InChI is InChI=1S/C18H14ClN3O5S/c1-24-12-6-9(7-13(25-2)14(12)26-3)16-20-10(17(23)27-16)8-11-15(19)21-18-22(11)4-5-28-18/h4-8H,1-3H3/b10-8+. The van der Waals surface area contributed by atoms with Crippen LogP contribution in [0.3, 0.4) is 0 Å². The van der Waals surface area contributed by atoms with Gasteiger partial charge in [-0.15, -0.1) is 11.3 Å². The summed E-state index contributed by atoms with van der Waals surface area (Å²) in [7, 11) is 4.51. The molecule has 0 saturated carbocycles. The number of cyclic esters (lactones) is 1. The average molecular weight is 420 g/mol. The first kappa shape index (κ1) is 18.3. The number of imidazole rings is 1. The number of carbonyl (C=O) groups is 1. The molecule has 0 saturated heterocycles. The Labute approximate surface area is 168 Å². The molecule has 0 bridgehead atoms. The van der Waals surface area contributed by atoms with E-state index in [0.29, 0.717) is 28.5 Å². The van der Waals surface area contributed by atoms with Crippen molar-refractivity contribution in [2.24, 2.45) is 4.99 Å². The summed E-state index contributed by atoms with van der Waals surface area (Å²) < 4.78 is 23.1. The van der Waals surface area contributed by atoms with Crippen molar-refractivity contribution < 1.29 is 23.7 Å². The van der Waals surface area contributed by atoms with Crippen LogP contribution in [-0.4, -0.2) is 42.6 Å². The Balaban J connectivity index is 1.77. The first-order chi connectivity index (χ1) is 13.5. The van der Waals surface area contributed by atoms with Crippen LogP contribution in [0.5, 0.6) is 17.2 Å². The summed E-state index contributed by atoms with van der Waals surface area (Å²) in [6.07, 6.45) is 3.36. The monoisotopic (exact) mass is 419 g/mol. The van der Waals surface area contributed by atoms with Gasteiger partial charge in [-0.3, -0.25) is 4.40 Å². The smallest absolute Gasteiger partial charge is 0.363 e. The molecular weight excluding hydrogens is 406 g/mol. The summed E-state index contributed by atoms with van der Waals surface area (Å²) in [6.45, 7) is 0. The third kappa shape index (κ3) is 2.98. The van der Waals surface area contributed by atoms with Gasteiger partial charge in [0.2, 0.25) is 11.6 Å². The highest BCUT2D eigenvalue weighted by atomic mass is 35.5. The number of ether oxygens (including phenoxy) is 4. The van der Waals surface area contributed by atoms with Crippen molar-refractivity contribution in [3.05, 3.63) is 45.8 Å². The zero-order valence-corrected chi connectivity index (χ0v) is 16.6. The fourth-order valence-electron chi connectivity index (χ4n) is 2.77. The molecule has 0 aliphatic carbocycles. The van der Waals surface area contributed by atoms with E-state index in [1.165, 1.54) is 32.7 Å². The van der Waals surface area contributed by atoms with Crippen LogP contribution in [0, 0.1) is 0 Å². The number of benzene rings is 1. The second-order valence-electron chi connectivity index (χ2n) is 5.59. The van der Waals surface area contributed by atoms with Gasteiger partial charge in [0.05, 0.1) is 27.0 Å². The van der Waals surface area contributed by atoms with E-state index in [1.54, 1.807) is 22.6 Å².